The third-order valence-corrected chi connectivity index (χ3v) is 4.24. The molecule has 1 aliphatic rings. The summed E-state index contributed by atoms with van der Waals surface area (Å²) in [7, 11) is 0. The molecule has 0 radical (unpaired) electrons. The van der Waals surface area contributed by atoms with Crippen molar-refractivity contribution in [2.45, 2.75) is 45.0 Å². The highest BCUT2D eigenvalue weighted by Gasteiger charge is 2.31. The number of halogens is 3. The summed E-state index contributed by atoms with van der Waals surface area (Å²) in [5.41, 5.74) is 0.147. The van der Waals surface area contributed by atoms with Crippen molar-refractivity contribution >= 4 is 5.91 Å². The zero-order chi connectivity index (χ0) is 17.8. The maximum absolute atomic E-state index is 12.2. The summed E-state index contributed by atoms with van der Waals surface area (Å²) < 4.78 is 40.2. The Bertz CT molecular complexity index is 550. The van der Waals surface area contributed by atoms with Gasteiger partial charge in [0.1, 0.15) is 5.75 Å². The van der Waals surface area contributed by atoms with Crippen LogP contribution >= 0.6 is 0 Å². The minimum Gasteiger partial charge on any atom is -0.406 e. The van der Waals surface area contributed by atoms with Gasteiger partial charge in [-0.3, -0.25) is 9.69 Å². The lowest BCUT2D eigenvalue weighted by atomic mass is 9.98. The molecule has 1 aliphatic heterocycles. The first-order chi connectivity index (χ1) is 11.2. The van der Waals surface area contributed by atoms with Gasteiger partial charge in [0.25, 0.3) is 5.91 Å². The highest BCUT2D eigenvalue weighted by Crippen LogP contribution is 2.23. The molecule has 0 atom stereocenters. The van der Waals surface area contributed by atoms with Crippen molar-refractivity contribution in [3.8, 4) is 5.75 Å². The van der Waals surface area contributed by atoms with Crippen LogP contribution in [0.5, 0.6) is 5.75 Å². The summed E-state index contributed by atoms with van der Waals surface area (Å²) in [6, 6.07) is 4.92. The van der Waals surface area contributed by atoms with E-state index < -0.39 is 6.36 Å². The van der Waals surface area contributed by atoms with Gasteiger partial charge in [0.2, 0.25) is 0 Å². The normalized spacial score (nSPS) is 16.7. The van der Waals surface area contributed by atoms with Crippen molar-refractivity contribution < 1.29 is 22.7 Å². The van der Waals surface area contributed by atoms with Crippen LogP contribution in [0.4, 0.5) is 13.2 Å². The third kappa shape index (κ3) is 5.40. The van der Waals surface area contributed by atoms with Crippen LogP contribution < -0.4 is 10.1 Å². The number of amides is 1. The maximum atomic E-state index is 12.2. The highest BCUT2D eigenvalue weighted by atomic mass is 19.4. The van der Waals surface area contributed by atoms with Gasteiger partial charge in [-0.25, -0.2) is 0 Å². The second kappa shape index (κ2) is 7.42. The van der Waals surface area contributed by atoms with E-state index in [0.717, 1.165) is 38.1 Å². The molecule has 0 unspecified atom stereocenters. The van der Waals surface area contributed by atoms with Crippen LogP contribution in [-0.4, -0.2) is 42.3 Å². The van der Waals surface area contributed by atoms with Gasteiger partial charge in [-0.05, 0) is 64.0 Å². The van der Waals surface area contributed by atoms with Gasteiger partial charge in [-0.15, -0.1) is 13.2 Å². The van der Waals surface area contributed by atoms with E-state index >= 15 is 0 Å². The SMILES string of the molecule is CC(C)(CNC(=O)c1ccc(OC(F)(F)F)cc1)N1CCCCC1. The monoisotopic (exact) mass is 344 g/mol. The van der Waals surface area contributed by atoms with Gasteiger partial charge in [-0.1, -0.05) is 6.42 Å². The second-order valence-corrected chi connectivity index (χ2v) is 6.62. The van der Waals surface area contributed by atoms with E-state index in [4.69, 9.17) is 0 Å². The number of alkyl halides is 3. The van der Waals surface area contributed by atoms with Crippen LogP contribution in [0, 0.1) is 0 Å². The smallest absolute Gasteiger partial charge is 0.406 e. The second-order valence-electron chi connectivity index (χ2n) is 6.62. The zero-order valence-electron chi connectivity index (χ0n) is 13.9. The van der Waals surface area contributed by atoms with Crippen LogP contribution in [-0.2, 0) is 0 Å². The number of ether oxygens (including phenoxy) is 1. The molecule has 1 N–H and O–H groups in total. The average molecular weight is 344 g/mol. The maximum Gasteiger partial charge on any atom is 0.573 e. The standard InChI is InChI=1S/C17H23F3N2O2/c1-16(2,22-10-4-3-5-11-22)12-21-15(23)13-6-8-14(9-7-13)24-17(18,19)20/h6-9H,3-5,10-12H2,1-2H3,(H,21,23). The Kier molecular flexibility index (Phi) is 5.74. The lowest BCUT2D eigenvalue weighted by Gasteiger charge is -2.41. The molecule has 4 nitrogen and oxygen atoms in total. The number of hydrogen-bond acceptors (Lipinski definition) is 3. The van der Waals surface area contributed by atoms with E-state index in [1.54, 1.807) is 0 Å². The minimum atomic E-state index is -4.73. The first-order valence-electron chi connectivity index (χ1n) is 8.06. The van der Waals surface area contributed by atoms with E-state index in [9.17, 15) is 18.0 Å². The number of nitrogens with zero attached hydrogens (tertiary/aromatic N) is 1. The Balaban J connectivity index is 1.89. The fourth-order valence-electron chi connectivity index (χ4n) is 2.82. The fourth-order valence-corrected chi connectivity index (χ4v) is 2.82. The minimum absolute atomic E-state index is 0.157. The van der Waals surface area contributed by atoms with Gasteiger partial charge in [0.05, 0.1) is 0 Å². The van der Waals surface area contributed by atoms with Crippen molar-refractivity contribution in [1.29, 1.82) is 0 Å². The number of benzene rings is 1. The summed E-state index contributed by atoms with van der Waals surface area (Å²) in [5, 5.41) is 2.86. The topological polar surface area (TPSA) is 41.6 Å². The lowest BCUT2D eigenvalue weighted by molar-refractivity contribution is -0.274. The molecule has 7 heteroatoms. The molecule has 0 aromatic heterocycles. The van der Waals surface area contributed by atoms with E-state index in [-0.39, 0.29) is 17.2 Å². The predicted molar refractivity (Wildman–Crippen MR) is 85.0 cm³/mol. The number of hydrogen-bond donors (Lipinski definition) is 1. The lowest BCUT2D eigenvalue weighted by Crippen LogP contribution is -2.53. The Morgan fingerprint density at radius 2 is 1.71 bits per heavy atom. The predicted octanol–water partition coefficient (Wildman–Crippen LogP) is 3.58. The van der Waals surface area contributed by atoms with E-state index in [1.165, 1.54) is 18.6 Å². The Morgan fingerprint density at radius 3 is 2.25 bits per heavy atom. The largest absolute Gasteiger partial charge is 0.573 e. The van der Waals surface area contributed by atoms with Crippen molar-refractivity contribution in [3.05, 3.63) is 29.8 Å². The molecule has 134 valence electrons. The molecule has 2 rings (SSSR count). The summed E-state index contributed by atoms with van der Waals surface area (Å²) in [5.74, 6) is -0.647. The van der Waals surface area contributed by atoms with Gasteiger partial charge in [0, 0.05) is 17.6 Å². The molecule has 0 aliphatic carbocycles. The molecular weight excluding hydrogens is 321 g/mol. The van der Waals surface area contributed by atoms with Gasteiger partial charge >= 0.3 is 6.36 Å². The first-order valence-corrected chi connectivity index (χ1v) is 8.06. The molecule has 24 heavy (non-hydrogen) atoms. The molecule has 1 aromatic rings. The number of piperidine rings is 1. The van der Waals surface area contributed by atoms with E-state index in [1.807, 2.05) is 0 Å². The van der Waals surface area contributed by atoms with Gasteiger partial charge < -0.3 is 10.1 Å². The third-order valence-electron chi connectivity index (χ3n) is 4.24. The summed E-state index contributed by atoms with van der Waals surface area (Å²) >= 11 is 0. The van der Waals surface area contributed by atoms with Crippen molar-refractivity contribution in [2.24, 2.45) is 0 Å². The molecule has 0 saturated carbocycles. The highest BCUT2D eigenvalue weighted by molar-refractivity contribution is 5.94. The zero-order valence-corrected chi connectivity index (χ0v) is 13.9. The molecule has 0 spiro atoms. The number of nitrogens with one attached hydrogen (secondary N) is 1. The number of carbonyl (C=O) groups excluding carboxylic acids is 1. The summed E-state index contributed by atoms with van der Waals surface area (Å²) in [4.78, 5) is 14.5. The Hall–Kier alpha value is -1.76. The van der Waals surface area contributed by atoms with Crippen LogP contribution in [0.15, 0.2) is 24.3 Å². The van der Waals surface area contributed by atoms with Gasteiger partial charge in [-0.2, -0.15) is 0 Å². The number of rotatable bonds is 5. The number of carbonyl (C=O) groups is 1. The Morgan fingerprint density at radius 1 is 1.12 bits per heavy atom. The van der Waals surface area contributed by atoms with Crippen LogP contribution in [0.3, 0.4) is 0 Å². The fraction of sp³-hybridized carbons (Fsp3) is 0.588. The van der Waals surface area contributed by atoms with Crippen LogP contribution in [0.25, 0.3) is 0 Å². The molecule has 0 bridgehead atoms. The molecule has 1 amide bonds. The van der Waals surface area contributed by atoms with Crippen molar-refractivity contribution in [1.82, 2.24) is 10.2 Å². The molecule has 1 aromatic carbocycles. The van der Waals surface area contributed by atoms with Gasteiger partial charge in [0.15, 0.2) is 0 Å². The van der Waals surface area contributed by atoms with Crippen molar-refractivity contribution in [2.75, 3.05) is 19.6 Å². The summed E-state index contributed by atoms with van der Waals surface area (Å²) in [6.07, 6.45) is -1.16. The van der Waals surface area contributed by atoms with Crippen molar-refractivity contribution in [3.63, 3.8) is 0 Å². The number of likely N-dealkylation sites (tertiary alicyclic amines) is 1. The average Bonchev–Trinajstić information content (AvgIpc) is 2.53. The molecule has 1 saturated heterocycles. The van der Waals surface area contributed by atoms with E-state index in [0.29, 0.717) is 12.1 Å². The van der Waals surface area contributed by atoms with E-state index in [2.05, 4.69) is 28.8 Å². The van der Waals surface area contributed by atoms with Crippen LogP contribution in [0.2, 0.25) is 0 Å². The van der Waals surface area contributed by atoms with Crippen LogP contribution in [0.1, 0.15) is 43.5 Å². The summed E-state index contributed by atoms with van der Waals surface area (Å²) in [6.45, 7) is 6.68. The Labute approximate surface area is 140 Å². The molecule has 1 fully saturated rings. The molecular formula is C17H23F3N2O2. The first kappa shape index (κ1) is 18.6. The quantitative estimate of drug-likeness (QED) is 0.888. The molecule has 1 heterocycles.